The monoisotopic (exact) mass is 318 g/mol. The normalized spacial score (nSPS) is 10.2. The van der Waals surface area contributed by atoms with Gasteiger partial charge in [-0.2, -0.15) is 0 Å². The highest BCUT2D eigenvalue weighted by Gasteiger charge is 2.04. The Balaban J connectivity index is 1.51. The summed E-state index contributed by atoms with van der Waals surface area (Å²) >= 11 is 0. The SMILES string of the molecule is O=C(Cc1cccnc1)Nc1ccc(OCc2ccccc2)cc1. The molecule has 0 saturated heterocycles. The number of benzene rings is 2. The van der Waals surface area contributed by atoms with Crippen molar-refractivity contribution < 1.29 is 9.53 Å². The highest BCUT2D eigenvalue weighted by molar-refractivity contribution is 5.92. The summed E-state index contributed by atoms with van der Waals surface area (Å²) in [5, 5.41) is 2.87. The molecule has 3 aromatic rings. The highest BCUT2D eigenvalue weighted by Crippen LogP contribution is 2.17. The lowest BCUT2D eigenvalue weighted by molar-refractivity contribution is -0.115. The van der Waals surface area contributed by atoms with Gasteiger partial charge in [0.05, 0.1) is 6.42 Å². The second-order valence-electron chi connectivity index (χ2n) is 5.38. The molecule has 1 aromatic heterocycles. The zero-order valence-electron chi connectivity index (χ0n) is 13.2. The van der Waals surface area contributed by atoms with Crippen molar-refractivity contribution in [2.75, 3.05) is 5.32 Å². The largest absolute Gasteiger partial charge is 0.489 e. The van der Waals surface area contributed by atoms with Gasteiger partial charge in [-0.3, -0.25) is 9.78 Å². The van der Waals surface area contributed by atoms with E-state index in [2.05, 4.69) is 10.3 Å². The Morgan fingerprint density at radius 3 is 2.38 bits per heavy atom. The van der Waals surface area contributed by atoms with Gasteiger partial charge in [-0.05, 0) is 41.5 Å². The number of carbonyl (C=O) groups excluding carboxylic acids is 1. The molecule has 0 aliphatic heterocycles. The molecule has 4 nitrogen and oxygen atoms in total. The minimum absolute atomic E-state index is 0.0686. The van der Waals surface area contributed by atoms with Crippen LogP contribution in [-0.4, -0.2) is 10.9 Å². The molecule has 1 amide bonds. The van der Waals surface area contributed by atoms with Crippen molar-refractivity contribution in [3.63, 3.8) is 0 Å². The molecule has 0 aliphatic rings. The minimum Gasteiger partial charge on any atom is -0.489 e. The molecular weight excluding hydrogens is 300 g/mol. The van der Waals surface area contributed by atoms with Crippen molar-refractivity contribution in [3.8, 4) is 5.75 Å². The Morgan fingerprint density at radius 1 is 0.917 bits per heavy atom. The number of hydrogen-bond acceptors (Lipinski definition) is 3. The Morgan fingerprint density at radius 2 is 1.67 bits per heavy atom. The van der Waals surface area contributed by atoms with Crippen LogP contribution in [0.15, 0.2) is 79.1 Å². The van der Waals surface area contributed by atoms with Gasteiger partial charge in [-0.15, -0.1) is 0 Å². The molecule has 3 rings (SSSR count). The third-order valence-corrected chi connectivity index (χ3v) is 3.47. The summed E-state index contributed by atoms with van der Waals surface area (Å²) in [7, 11) is 0. The van der Waals surface area contributed by atoms with Crippen LogP contribution in [0.25, 0.3) is 0 Å². The van der Waals surface area contributed by atoms with Crippen molar-refractivity contribution in [1.82, 2.24) is 4.98 Å². The van der Waals surface area contributed by atoms with Crippen molar-refractivity contribution in [1.29, 1.82) is 0 Å². The first-order chi connectivity index (χ1) is 11.8. The fraction of sp³-hybridized carbons (Fsp3) is 0.100. The summed E-state index contributed by atoms with van der Waals surface area (Å²) in [6, 6.07) is 21.1. The van der Waals surface area contributed by atoms with Crippen LogP contribution >= 0.6 is 0 Å². The van der Waals surface area contributed by atoms with Crippen molar-refractivity contribution in [2.24, 2.45) is 0 Å². The smallest absolute Gasteiger partial charge is 0.228 e. The zero-order valence-corrected chi connectivity index (χ0v) is 13.2. The van der Waals surface area contributed by atoms with Gasteiger partial charge in [-0.25, -0.2) is 0 Å². The maximum absolute atomic E-state index is 12.0. The molecule has 4 heteroatoms. The predicted octanol–water partition coefficient (Wildman–Crippen LogP) is 3.84. The molecule has 0 spiro atoms. The molecule has 0 fully saturated rings. The molecule has 0 radical (unpaired) electrons. The summed E-state index contributed by atoms with van der Waals surface area (Å²) in [4.78, 5) is 16.0. The van der Waals surface area contributed by atoms with E-state index in [1.807, 2.05) is 66.7 Å². The average molecular weight is 318 g/mol. The molecular formula is C20H18N2O2. The maximum atomic E-state index is 12.0. The van der Waals surface area contributed by atoms with Crippen LogP contribution in [0.3, 0.4) is 0 Å². The second kappa shape index (κ2) is 7.92. The van der Waals surface area contributed by atoms with E-state index >= 15 is 0 Å². The van der Waals surface area contributed by atoms with Gasteiger partial charge in [0.25, 0.3) is 0 Å². The number of ether oxygens (including phenoxy) is 1. The third kappa shape index (κ3) is 4.68. The van der Waals surface area contributed by atoms with E-state index in [9.17, 15) is 4.79 Å². The number of pyridine rings is 1. The summed E-state index contributed by atoms with van der Waals surface area (Å²) in [5.41, 5.74) is 2.75. The molecule has 0 atom stereocenters. The number of aromatic nitrogens is 1. The van der Waals surface area contributed by atoms with Gasteiger partial charge in [0.1, 0.15) is 12.4 Å². The van der Waals surface area contributed by atoms with Gasteiger partial charge in [-0.1, -0.05) is 36.4 Å². The fourth-order valence-corrected chi connectivity index (χ4v) is 2.27. The van der Waals surface area contributed by atoms with E-state index in [4.69, 9.17) is 4.74 Å². The quantitative estimate of drug-likeness (QED) is 0.751. The molecule has 0 unspecified atom stereocenters. The Bertz CT molecular complexity index is 772. The summed E-state index contributed by atoms with van der Waals surface area (Å²) in [6.07, 6.45) is 3.69. The minimum atomic E-state index is -0.0686. The van der Waals surface area contributed by atoms with Crippen LogP contribution in [0.5, 0.6) is 5.75 Å². The maximum Gasteiger partial charge on any atom is 0.228 e. The number of hydrogen-bond donors (Lipinski definition) is 1. The molecule has 120 valence electrons. The lowest BCUT2D eigenvalue weighted by Crippen LogP contribution is -2.14. The van der Waals surface area contributed by atoms with E-state index in [1.54, 1.807) is 12.4 Å². The molecule has 24 heavy (non-hydrogen) atoms. The number of amides is 1. The van der Waals surface area contributed by atoms with Gasteiger partial charge < -0.3 is 10.1 Å². The van der Waals surface area contributed by atoms with E-state index in [1.165, 1.54) is 0 Å². The summed E-state index contributed by atoms with van der Waals surface area (Å²) in [6.45, 7) is 0.521. The number of carbonyl (C=O) groups is 1. The fourth-order valence-electron chi connectivity index (χ4n) is 2.27. The molecule has 0 aliphatic carbocycles. The predicted molar refractivity (Wildman–Crippen MR) is 93.8 cm³/mol. The summed E-state index contributed by atoms with van der Waals surface area (Å²) in [5.74, 6) is 0.699. The second-order valence-corrected chi connectivity index (χ2v) is 5.38. The third-order valence-electron chi connectivity index (χ3n) is 3.47. The molecule has 2 aromatic carbocycles. The highest BCUT2D eigenvalue weighted by atomic mass is 16.5. The van der Waals surface area contributed by atoms with Crippen molar-refractivity contribution in [3.05, 3.63) is 90.3 Å². The van der Waals surface area contributed by atoms with Crippen LogP contribution in [0.2, 0.25) is 0 Å². The van der Waals surface area contributed by atoms with Crippen molar-refractivity contribution in [2.45, 2.75) is 13.0 Å². The van der Waals surface area contributed by atoms with Crippen LogP contribution in [0, 0.1) is 0 Å². The Hall–Kier alpha value is -3.14. The van der Waals surface area contributed by atoms with E-state index in [0.29, 0.717) is 13.0 Å². The number of anilines is 1. The molecule has 0 saturated carbocycles. The van der Waals surface area contributed by atoms with Gasteiger partial charge >= 0.3 is 0 Å². The van der Waals surface area contributed by atoms with Crippen molar-refractivity contribution >= 4 is 11.6 Å². The zero-order chi connectivity index (χ0) is 16.6. The number of rotatable bonds is 6. The van der Waals surface area contributed by atoms with E-state index in [0.717, 1.165) is 22.6 Å². The number of nitrogens with zero attached hydrogens (tertiary/aromatic N) is 1. The summed E-state index contributed by atoms with van der Waals surface area (Å²) < 4.78 is 5.73. The molecule has 0 bridgehead atoms. The molecule has 1 heterocycles. The van der Waals surface area contributed by atoms with Crippen LogP contribution < -0.4 is 10.1 Å². The van der Waals surface area contributed by atoms with Gasteiger partial charge in [0, 0.05) is 18.1 Å². The van der Waals surface area contributed by atoms with Crippen LogP contribution in [0.1, 0.15) is 11.1 Å². The first kappa shape index (κ1) is 15.7. The van der Waals surface area contributed by atoms with Gasteiger partial charge in [0.15, 0.2) is 0 Å². The lowest BCUT2D eigenvalue weighted by Gasteiger charge is -2.08. The van der Waals surface area contributed by atoms with Crippen LogP contribution in [0.4, 0.5) is 5.69 Å². The first-order valence-electron chi connectivity index (χ1n) is 7.75. The van der Waals surface area contributed by atoms with Gasteiger partial charge in [0.2, 0.25) is 5.91 Å². The van der Waals surface area contributed by atoms with E-state index < -0.39 is 0 Å². The topological polar surface area (TPSA) is 51.2 Å². The average Bonchev–Trinajstić information content (AvgIpc) is 2.63. The lowest BCUT2D eigenvalue weighted by atomic mass is 10.2. The van der Waals surface area contributed by atoms with Crippen LogP contribution in [-0.2, 0) is 17.8 Å². The van der Waals surface area contributed by atoms with E-state index in [-0.39, 0.29) is 5.91 Å². The molecule has 1 N–H and O–H groups in total. The first-order valence-corrected chi connectivity index (χ1v) is 7.75. The number of nitrogens with one attached hydrogen (secondary N) is 1. The standard InChI is InChI=1S/C20H18N2O2/c23-20(13-17-7-4-12-21-14-17)22-18-8-10-19(11-9-18)24-15-16-5-2-1-3-6-16/h1-12,14H,13,15H2,(H,22,23). The Kier molecular flexibility index (Phi) is 5.20. The Labute approximate surface area is 141 Å².